The predicted octanol–water partition coefficient (Wildman–Crippen LogP) is 4.68. The molecular formula is C14H14ClFN2S. The quantitative estimate of drug-likeness (QED) is 0.766. The van der Waals surface area contributed by atoms with Gasteiger partial charge < -0.3 is 0 Å². The van der Waals surface area contributed by atoms with Crippen LogP contribution in [-0.4, -0.2) is 9.97 Å². The average Bonchev–Trinajstić information content (AvgIpc) is 2.36. The molecule has 1 heterocycles. The highest BCUT2D eigenvalue weighted by Crippen LogP contribution is 2.31. The van der Waals surface area contributed by atoms with E-state index in [0.29, 0.717) is 5.15 Å². The zero-order valence-electron chi connectivity index (χ0n) is 10.8. The predicted molar refractivity (Wildman–Crippen MR) is 76.3 cm³/mol. The van der Waals surface area contributed by atoms with Gasteiger partial charge in [-0.15, -0.1) is 0 Å². The molecule has 0 atom stereocenters. The van der Waals surface area contributed by atoms with E-state index in [1.54, 1.807) is 6.07 Å². The molecule has 0 aliphatic carbocycles. The smallest absolute Gasteiger partial charge is 0.136 e. The van der Waals surface area contributed by atoms with Gasteiger partial charge in [-0.2, -0.15) is 0 Å². The third kappa shape index (κ3) is 3.67. The van der Waals surface area contributed by atoms with Crippen molar-refractivity contribution in [2.24, 2.45) is 0 Å². The first kappa shape index (κ1) is 14.3. The summed E-state index contributed by atoms with van der Waals surface area (Å²) in [6.07, 6.45) is 1.75. The van der Waals surface area contributed by atoms with E-state index in [1.807, 2.05) is 13.0 Å². The molecule has 2 nitrogen and oxygen atoms in total. The van der Waals surface area contributed by atoms with Gasteiger partial charge in [0.2, 0.25) is 0 Å². The first-order chi connectivity index (χ1) is 9.10. The second-order valence-corrected chi connectivity index (χ2v) is 5.59. The Labute approximate surface area is 121 Å². The van der Waals surface area contributed by atoms with Crippen LogP contribution in [0.25, 0.3) is 0 Å². The summed E-state index contributed by atoms with van der Waals surface area (Å²) in [5, 5.41) is 1.26. The van der Waals surface area contributed by atoms with Crippen LogP contribution in [0.4, 0.5) is 4.39 Å². The van der Waals surface area contributed by atoms with Gasteiger partial charge in [0.1, 0.15) is 21.8 Å². The molecule has 5 heteroatoms. The molecule has 0 aliphatic rings. The van der Waals surface area contributed by atoms with Crippen LogP contribution < -0.4 is 0 Å². The molecule has 100 valence electrons. The molecule has 2 rings (SSSR count). The summed E-state index contributed by atoms with van der Waals surface area (Å²) >= 11 is 7.52. The molecule has 0 N–H and O–H groups in total. The van der Waals surface area contributed by atoms with E-state index in [1.165, 1.54) is 23.9 Å². The second kappa shape index (κ2) is 6.35. The fraction of sp³-hybridized carbons (Fsp3) is 0.286. The summed E-state index contributed by atoms with van der Waals surface area (Å²) < 4.78 is 13.2. The average molecular weight is 297 g/mol. The first-order valence-corrected chi connectivity index (χ1v) is 7.26. The van der Waals surface area contributed by atoms with Crippen LogP contribution in [0, 0.1) is 12.7 Å². The molecule has 0 aliphatic heterocycles. The number of hydrogen-bond donors (Lipinski definition) is 0. The van der Waals surface area contributed by atoms with E-state index >= 15 is 0 Å². The van der Waals surface area contributed by atoms with Gasteiger partial charge in [0.25, 0.3) is 0 Å². The summed E-state index contributed by atoms with van der Waals surface area (Å²) in [5.74, 6) is 0.480. The van der Waals surface area contributed by atoms with Crippen LogP contribution in [0.3, 0.4) is 0 Å². The van der Waals surface area contributed by atoms with Gasteiger partial charge in [-0.1, -0.05) is 36.4 Å². The van der Waals surface area contributed by atoms with Crippen molar-refractivity contribution < 1.29 is 4.39 Å². The van der Waals surface area contributed by atoms with Gasteiger partial charge >= 0.3 is 0 Å². The number of nitrogens with zero attached hydrogens (tertiary/aromatic N) is 2. The molecule has 0 saturated heterocycles. The Balaban J connectivity index is 2.33. The fourth-order valence-electron chi connectivity index (χ4n) is 1.59. The molecule has 0 unspecified atom stereocenters. The molecule has 19 heavy (non-hydrogen) atoms. The van der Waals surface area contributed by atoms with Crippen molar-refractivity contribution in [1.82, 2.24) is 9.97 Å². The van der Waals surface area contributed by atoms with E-state index in [9.17, 15) is 4.39 Å². The minimum atomic E-state index is -0.253. The van der Waals surface area contributed by atoms with E-state index < -0.39 is 0 Å². The van der Waals surface area contributed by atoms with Crippen molar-refractivity contribution in [3.8, 4) is 0 Å². The highest BCUT2D eigenvalue weighted by Gasteiger charge is 2.10. The topological polar surface area (TPSA) is 25.8 Å². The summed E-state index contributed by atoms with van der Waals surface area (Å²) in [4.78, 5) is 9.55. The van der Waals surface area contributed by atoms with Crippen molar-refractivity contribution in [3.63, 3.8) is 0 Å². The summed E-state index contributed by atoms with van der Waals surface area (Å²) in [6, 6.07) is 6.44. The van der Waals surface area contributed by atoms with Gasteiger partial charge in [-0.3, -0.25) is 0 Å². The van der Waals surface area contributed by atoms with Crippen LogP contribution in [0.15, 0.2) is 34.2 Å². The van der Waals surface area contributed by atoms with Crippen LogP contribution in [0.2, 0.25) is 5.15 Å². The molecule has 0 bridgehead atoms. The van der Waals surface area contributed by atoms with Gasteiger partial charge in [0.15, 0.2) is 0 Å². The molecular weight excluding hydrogens is 283 g/mol. The Morgan fingerprint density at radius 2 is 2.11 bits per heavy atom. The Kier molecular flexibility index (Phi) is 4.77. The Hall–Kier alpha value is -1.13. The van der Waals surface area contributed by atoms with Crippen molar-refractivity contribution in [2.75, 3.05) is 0 Å². The van der Waals surface area contributed by atoms with Gasteiger partial charge in [-0.25, -0.2) is 14.4 Å². The van der Waals surface area contributed by atoms with Crippen LogP contribution in [0.5, 0.6) is 0 Å². The van der Waals surface area contributed by atoms with E-state index in [-0.39, 0.29) is 5.82 Å². The van der Waals surface area contributed by atoms with Crippen molar-refractivity contribution in [1.29, 1.82) is 0 Å². The SMILES string of the molecule is CCCc1nc(Cl)c(C)c(Sc2cccc(F)c2)n1. The number of halogens is 2. The molecule has 0 spiro atoms. The molecule has 0 saturated carbocycles. The Morgan fingerprint density at radius 3 is 2.79 bits per heavy atom. The number of aryl methyl sites for hydroxylation is 1. The van der Waals surface area contributed by atoms with Crippen LogP contribution in [-0.2, 0) is 6.42 Å². The zero-order valence-corrected chi connectivity index (χ0v) is 12.4. The van der Waals surface area contributed by atoms with Gasteiger partial charge in [0, 0.05) is 16.9 Å². The largest absolute Gasteiger partial charge is 0.226 e. The van der Waals surface area contributed by atoms with Crippen molar-refractivity contribution in [2.45, 2.75) is 36.6 Å². The summed E-state index contributed by atoms with van der Waals surface area (Å²) in [6.45, 7) is 3.94. The molecule has 0 fully saturated rings. The third-order valence-corrected chi connectivity index (χ3v) is 4.02. The maximum absolute atomic E-state index is 13.2. The van der Waals surface area contributed by atoms with E-state index in [4.69, 9.17) is 11.6 Å². The van der Waals surface area contributed by atoms with Gasteiger partial charge in [-0.05, 0) is 31.5 Å². The highest BCUT2D eigenvalue weighted by atomic mass is 35.5. The monoisotopic (exact) mass is 296 g/mol. The maximum atomic E-state index is 13.2. The number of aromatic nitrogens is 2. The lowest BCUT2D eigenvalue weighted by Crippen LogP contribution is -1.99. The molecule has 0 amide bonds. The molecule has 1 aromatic carbocycles. The second-order valence-electron chi connectivity index (χ2n) is 4.17. The van der Waals surface area contributed by atoms with Crippen molar-refractivity contribution in [3.05, 3.63) is 46.6 Å². The summed E-state index contributed by atoms with van der Waals surface area (Å²) in [5.41, 5.74) is 0.829. The van der Waals surface area contributed by atoms with Crippen molar-refractivity contribution >= 4 is 23.4 Å². The normalized spacial score (nSPS) is 10.7. The maximum Gasteiger partial charge on any atom is 0.136 e. The van der Waals surface area contributed by atoms with E-state index in [0.717, 1.165) is 34.2 Å². The first-order valence-electron chi connectivity index (χ1n) is 6.06. The molecule has 2 aromatic rings. The minimum Gasteiger partial charge on any atom is -0.226 e. The standard InChI is InChI=1S/C14H14ClFN2S/c1-3-5-12-17-13(15)9(2)14(18-12)19-11-7-4-6-10(16)8-11/h4,6-8H,3,5H2,1-2H3. The van der Waals surface area contributed by atoms with E-state index in [2.05, 4.69) is 16.9 Å². The Morgan fingerprint density at radius 1 is 1.32 bits per heavy atom. The minimum absolute atomic E-state index is 0.253. The zero-order chi connectivity index (χ0) is 13.8. The third-order valence-electron chi connectivity index (χ3n) is 2.57. The van der Waals surface area contributed by atoms with Crippen LogP contribution in [0.1, 0.15) is 24.7 Å². The summed E-state index contributed by atoms with van der Waals surface area (Å²) in [7, 11) is 0. The van der Waals surface area contributed by atoms with Gasteiger partial charge in [0.05, 0.1) is 0 Å². The molecule has 0 radical (unpaired) electrons. The number of rotatable bonds is 4. The molecule has 1 aromatic heterocycles. The fourth-order valence-corrected chi connectivity index (χ4v) is 2.77. The lowest BCUT2D eigenvalue weighted by molar-refractivity contribution is 0.624. The lowest BCUT2D eigenvalue weighted by Gasteiger charge is -2.08. The lowest BCUT2D eigenvalue weighted by atomic mass is 10.3. The number of hydrogen-bond acceptors (Lipinski definition) is 3. The van der Waals surface area contributed by atoms with Crippen LogP contribution >= 0.6 is 23.4 Å². The number of benzene rings is 1. The Bertz CT molecular complexity index is 590. The highest BCUT2D eigenvalue weighted by molar-refractivity contribution is 7.99.